The molecule has 0 amide bonds. The number of nitrogens with zero attached hydrogens (tertiary/aromatic N) is 2. The van der Waals surface area contributed by atoms with Crippen molar-refractivity contribution in [2.24, 2.45) is 0 Å². The molecular formula is C23H22Br2F2N2O4S2. The Balaban J connectivity index is 1.47. The number of methoxy groups -OCH3 is 2. The molecule has 0 unspecified atom stereocenters. The van der Waals surface area contributed by atoms with E-state index in [2.05, 4.69) is 31.9 Å². The minimum Gasteiger partial charge on any atom is -0.497 e. The van der Waals surface area contributed by atoms with Crippen LogP contribution < -0.4 is 14.4 Å². The van der Waals surface area contributed by atoms with Gasteiger partial charge in [0, 0.05) is 30.5 Å². The maximum atomic E-state index is 14.7. The summed E-state index contributed by atoms with van der Waals surface area (Å²) >= 11 is 7.30. The lowest BCUT2D eigenvalue weighted by molar-refractivity contribution is 0.399. The molecule has 0 aliphatic carbocycles. The first-order valence-corrected chi connectivity index (χ1v) is 14.6. The number of benzene rings is 2. The third-order valence-electron chi connectivity index (χ3n) is 5.91. The zero-order valence-electron chi connectivity index (χ0n) is 18.9. The molecule has 1 aromatic heterocycles. The van der Waals surface area contributed by atoms with Crippen LogP contribution in [0.5, 0.6) is 11.5 Å². The Hall–Kier alpha value is -1.76. The second-order valence-corrected chi connectivity index (χ2v) is 12.7. The van der Waals surface area contributed by atoms with Crippen molar-refractivity contribution in [1.29, 1.82) is 0 Å². The fraction of sp³-hybridized carbons (Fsp3) is 0.348. The van der Waals surface area contributed by atoms with Gasteiger partial charge in [-0.25, -0.2) is 22.2 Å². The van der Waals surface area contributed by atoms with Gasteiger partial charge >= 0.3 is 0 Å². The largest absolute Gasteiger partial charge is 0.497 e. The minimum absolute atomic E-state index is 0.225. The van der Waals surface area contributed by atoms with Gasteiger partial charge < -0.3 is 14.4 Å². The molecule has 0 atom stereocenters. The quantitative estimate of drug-likeness (QED) is 0.292. The summed E-state index contributed by atoms with van der Waals surface area (Å²) in [6.07, 6.45) is 1.12. The number of rotatable bonds is 7. The van der Waals surface area contributed by atoms with Crippen LogP contribution in [0, 0.1) is 11.6 Å². The van der Waals surface area contributed by atoms with Crippen LogP contribution in [0.3, 0.4) is 0 Å². The van der Waals surface area contributed by atoms with E-state index in [0.717, 1.165) is 34.0 Å². The summed E-state index contributed by atoms with van der Waals surface area (Å²) in [5.41, 5.74) is 1.81. The number of thiazole rings is 1. The van der Waals surface area contributed by atoms with E-state index in [0.29, 0.717) is 19.5 Å². The van der Waals surface area contributed by atoms with Gasteiger partial charge in [-0.1, -0.05) is 0 Å². The molecule has 1 fully saturated rings. The maximum absolute atomic E-state index is 14.7. The van der Waals surface area contributed by atoms with Crippen LogP contribution >= 0.6 is 43.2 Å². The zero-order valence-corrected chi connectivity index (χ0v) is 23.7. The molecule has 12 heteroatoms. The molecule has 188 valence electrons. The lowest BCUT2D eigenvalue weighted by Crippen LogP contribution is -2.39. The molecule has 0 spiro atoms. The molecule has 2 heterocycles. The Kier molecular flexibility index (Phi) is 8.04. The highest BCUT2D eigenvalue weighted by molar-refractivity contribution is 9.11. The van der Waals surface area contributed by atoms with Crippen molar-refractivity contribution in [3.63, 3.8) is 0 Å². The summed E-state index contributed by atoms with van der Waals surface area (Å²) in [5, 5.41) is 1.94. The molecule has 1 saturated heterocycles. The predicted molar refractivity (Wildman–Crippen MR) is 139 cm³/mol. The first-order chi connectivity index (χ1) is 16.6. The van der Waals surface area contributed by atoms with Gasteiger partial charge in [-0.15, -0.1) is 11.3 Å². The second kappa shape index (κ2) is 10.7. The summed E-state index contributed by atoms with van der Waals surface area (Å²) in [5.74, 6) is -0.350. The predicted octanol–water partition coefficient (Wildman–Crippen LogP) is 6.00. The molecule has 3 aromatic rings. The van der Waals surface area contributed by atoms with Crippen molar-refractivity contribution >= 4 is 58.2 Å². The molecule has 0 saturated carbocycles. The molecule has 0 N–H and O–H groups in total. The Labute approximate surface area is 223 Å². The topological polar surface area (TPSA) is 68.7 Å². The van der Waals surface area contributed by atoms with E-state index in [1.807, 2.05) is 28.5 Å². The Bertz CT molecular complexity index is 1320. The maximum Gasteiger partial charge on any atom is 0.185 e. The number of aromatic nitrogens is 1. The van der Waals surface area contributed by atoms with Gasteiger partial charge in [-0.3, -0.25) is 0 Å². The van der Waals surface area contributed by atoms with Crippen LogP contribution in [0.4, 0.5) is 13.9 Å². The monoisotopic (exact) mass is 650 g/mol. The van der Waals surface area contributed by atoms with Crippen LogP contribution in [-0.2, 0) is 16.3 Å². The van der Waals surface area contributed by atoms with Crippen molar-refractivity contribution in [2.75, 3.05) is 32.2 Å². The number of hydrogen-bond donors (Lipinski definition) is 0. The number of hydrogen-bond acceptors (Lipinski definition) is 7. The number of piperidine rings is 1. The highest BCUT2D eigenvalue weighted by atomic mass is 79.9. The highest BCUT2D eigenvalue weighted by Crippen LogP contribution is 2.37. The van der Waals surface area contributed by atoms with E-state index in [-0.39, 0.29) is 21.8 Å². The normalized spacial score (nSPS) is 14.9. The van der Waals surface area contributed by atoms with Crippen LogP contribution in [0.2, 0.25) is 0 Å². The number of anilines is 1. The molecule has 6 nitrogen and oxygen atoms in total. The summed E-state index contributed by atoms with van der Waals surface area (Å²) in [7, 11) is -0.863. The lowest BCUT2D eigenvalue weighted by Gasteiger charge is -2.31. The van der Waals surface area contributed by atoms with E-state index in [9.17, 15) is 17.2 Å². The number of sulfone groups is 1. The van der Waals surface area contributed by atoms with Gasteiger partial charge in [0.05, 0.1) is 34.1 Å². The van der Waals surface area contributed by atoms with Crippen LogP contribution in [0.15, 0.2) is 43.5 Å². The highest BCUT2D eigenvalue weighted by Gasteiger charge is 2.37. The SMILES string of the molecule is COc1ccc(OC)c(Cc2csc(N3CCC(S(=O)(=O)c4c(F)c(Br)cc(F)c4Br)CC3)n2)c1. The summed E-state index contributed by atoms with van der Waals surface area (Å²) in [4.78, 5) is 6.12. The van der Waals surface area contributed by atoms with Gasteiger partial charge in [-0.05, 0) is 69.0 Å². The van der Waals surface area contributed by atoms with Gasteiger partial charge in [0.15, 0.2) is 20.8 Å². The van der Waals surface area contributed by atoms with Crippen LogP contribution in [0.1, 0.15) is 24.1 Å². The smallest absolute Gasteiger partial charge is 0.185 e. The van der Waals surface area contributed by atoms with Crippen LogP contribution in [-0.4, -0.2) is 46.0 Å². The van der Waals surface area contributed by atoms with E-state index in [1.54, 1.807) is 14.2 Å². The fourth-order valence-electron chi connectivity index (χ4n) is 4.06. The van der Waals surface area contributed by atoms with Crippen molar-refractivity contribution in [2.45, 2.75) is 29.4 Å². The average molecular weight is 652 g/mol. The Morgan fingerprint density at radius 1 is 1.14 bits per heavy atom. The number of ether oxygens (including phenoxy) is 2. The minimum atomic E-state index is -4.09. The van der Waals surface area contributed by atoms with Crippen molar-refractivity contribution in [3.05, 3.63) is 61.5 Å². The molecule has 35 heavy (non-hydrogen) atoms. The number of halogens is 4. The molecule has 2 aromatic carbocycles. The van der Waals surface area contributed by atoms with Crippen molar-refractivity contribution in [3.8, 4) is 11.5 Å². The zero-order chi connectivity index (χ0) is 25.3. The van der Waals surface area contributed by atoms with Crippen molar-refractivity contribution in [1.82, 2.24) is 4.98 Å². The third kappa shape index (κ3) is 5.35. The van der Waals surface area contributed by atoms with Gasteiger partial charge in [-0.2, -0.15) is 0 Å². The third-order valence-corrected chi connectivity index (χ3v) is 10.8. The molecule has 0 bridgehead atoms. The van der Waals surface area contributed by atoms with E-state index in [4.69, 9.17) is 14.5 Å². The second-order valence-electron chi connectivity index (χ2n) is 8.00. The van der Waals surface area contributed by atoms with Crippen molar-refractivity contribution < 1.29 is 26.7 Å². The molecule has 1 aliphatic heterocycles. The Morgan fingerprint density at radius 2 is 1.86 bits per heavy atom. The fourth-order valence-corrected chi connectivity index (χ4v) is 8.31. The van der Waals surface area contributed by atoms with E-state index >= 15 is 0 Å². The lowest BCUT2D eigenvalue weighted by atomic mass is 10.1. The van der Waals surface area contributed by atoms with Gasteiger partial charge in [0.2, 0.25) is 0 Å². The molecule has 0 radical (unpaired) electrons. The average Bonchev–Trinajstić information content (AvgIpc) is 3.31. The van der Waals surface area contributed by atoms with E-state index < -0.39 is 31.6 Å². The van der Waals surface area contributed by atoms with Gasteiger partial charge in [0.1, 0.15) is 22.2 Å². The Morgan fingerprint density at radius 3 is 2.51 bits per heavy atom. The summed E-state index contributed by atoms with van der Waals surface area (Å²) < 4.78 is 65.3. The molecule has 1 aliphatic rings. The van der Waals surface area contributed by atoms with E-state index in [1.165, 1.54) is 11.3 Å². The standard InChI is InChI=1S/C23H22Br2F2N2O4S2/c1-32-15-3-4-19(33-2)13(10-15)9-14-12-34-23(28-14)29-7-5-16(6-8-29)35(30,31)22-20(25)18(26)11-17(24)21(22)27/h3-4,10-12,16H,5-9H2,1-2H3. The van der Waals surface area contributed by atoms with Gasteiger partial charge in [0.25, 0.3) is 0 Å². The summed E-state index contributed by atoms with van der Waals surface area (Å²) in [6.45, 7) is 0.879. The van der Waals surface area contributed by atoms with Crippen LogP contribution in [0.25, 0.3) is 0 Å². The molecule has 4 rings (SSSR count). The molecular weight excluding hydrogens is 630 g/mol. The first kappa shape index (κ1) is 26.3. The first-order valence-electron chi connectivity index (χ1n) is 10.6. The summed E-state index contributed by atoms with van der Waals surface area (Å²) in [6, 6.07) is 6.50.